The number of benzene rings is 1. The van der Waals surface area contributed by atoms with Crippen LogP contribution in [0.1, 0.15) is 68.0 Å². The Hall–Kier alpha value is -0.610. The van der Waals surface area contributed by atoms with Crippen LogP contribution in [0.3, 0.4) is 0 Å². The van der Waals surface area contributed by atoms with Gasteiger partial charge in [-0.2, -0.15) is 0 Å². The summed E-state index contributed by atoms with van der Waals surface area (Å²) >= 11 is 4.46. The molecule has 2 heteroatoms. The molecule has 0 bridgehead atoms. The van der Waals surface area contributed by atoms with Crippen LogP contribution < -0.4 is 0 Å². The number of fused-ring (bicyclic) bond motifs is 1. The highest BCUT2D eigenvalue weighted by Gasteiger charge is 2.29. The molecular formula is C21H25IS. The zero-order chi connectivity index (χ0) is 16.7. The number of allylic oxidation sites excluding steroid dienone is 2. The summed E-state index contributed by atoms with van der Waals surface area (Å²) in [6.07, 6.45) is 3.73. The van der Waals surface area contributed by atoms with E-state index in [0.29, 0.717) is 5.92 Å². The largest absolute Gasteiger partial charge is 0.135 e. The van der Waals surface area contributed by atoms with Crippen molar-refractivity contribution in [1.82, 2.24) is 0 Å². The van der Waals surface area contributed by atoms with Gasteiger partial charge in [-0.1, -0.05) is 31.9 Å². The van der Waals surface area contributed by atoms with Gasteiger partial charge in [-0.15, -0.1) is 11.3 Å². The fourth-order valence-electron chi connectivity index (χ4n) is 3.63. The van der Waals surface area contributed by atoms with Crippen LogP contribution in [0.25, 0.3) is 16.0 Å². The molecule has 1 unspecified atom stereocenters. The molecule has 0 amide bonds. The summed E-state index contributed by atoms with van der Waals surface area (Å²) in [7, 11) is 0. The maximum atomic E-state index is 2.47. The molecule has 2 aromatic rings. The molecule has 1 aromatic carbocycles. The normalized spacial score (nSPS) is 17.0. The SMILES string of the molecule is CCCCc1cc(I)cc(-c2sc3c(c2C)C(C)C(C)=C3C)c1. The van der Waals surface area contributed by atoms with Crippen LogP contribution in [0, 0.1) is 10.5 Å². The molecule has 0 aliphatic heterocycles. The van der Waals surface area contributed by atoms with E-state index in [0.717, 1.165) is 0 Å². The number of thiophene rings is 1. The monoisotopic (exact) mass is 436 g/mol. The summed E-state index contributed by atoms with van der Waals surface area (Å²) in [6, 6.07) is 7.11. The van der Waals surface area contributed by atoms with Gasteiger partial charge in [-0.05, 0) is 96.2 Å². The van der Waals surface area contributed by atoms with E-state index >= 15 is 0 Å². The molecule has 0 saturated carbocycles. The fourth-order valence-corrected chi connectivity index (χ4v) is 5.82. The van der Waals surface area contributed by atoms with Crippen molar-refractivity contribution in [3.8, 4) is 10.4 Å². The minimum absolute atomic E-state index is 0.581. The molecule has 1 aliphatic carbocycles. The number of aryl methyl sites for hydroxylation is 1. The van der Waals surface area contributed by atoms with E-state index in [-0.39, 0.29) is 0 Å². The maximum absolute atomic E-state index is 2.47. The van der Waals surface area contributed by atoms with Crippen LogP contribution in [0.15, 0.2) is 23.8 Å². The van der Waals surface area contributed by atoms with Crippen LogP contribution in [0.5, 0.6) is 0 Å². The maximum Gasteiger partial charge on any atom is 0.0381 e. The predicted molar refractivity (Wildman–Crippen MR) is 113 cm³/mol. The molecular weight excluding hydrogens is 411 g/mol. The van der Waals surface area contributed by atoms with Gasteiger partial charge in [0.05, 0.1) is 0 Å². The molecule has 122 valence electrons. The first-order valence-corrected chi connectivity index (χ1v) is 10.4. The van der Waals surface area contributed by atoms with Gasteiger partial charge >= 0.3 is 0 Å². The third kappa shape index (κ3) is 3.05. The highest BCUT2D eigenvalue weighted by molar-refractivity contribution is 14.1. The molecule has 1 aliphatic rings. The van der Waals surface area contributed by atoms with E-state index in [2.05, 4.69) is 75.4 Å². The highest BCUT2D eigenvalue weighted by atomic mass is 127. The topological polar surface area (TPSA) is 0 Å². The molecule has 0 spiro atoms. The minimum atomic E-state index is 0.581. The minimum Gasteiger partial charge on any atom is -0.135 e. The van der Waals surface area contributed by atoms with Crippen LogP contribution in [-0.4, -0.2) is 0 Å². The van der Waals surface area contributed by atoms with Gasteiger partial charge in [0, 0.05) is 19.2 Å². The Kier molecular flexibility index (Phi) is 5.03. The molecule has 1 aromatic heterocycles. The Bertz CT molecular complexity index is 779. The van der Waals surface area contributed by atoms with E-state index in [9.17, 15) is 0 Å². The fraction of sp³-hybridized carbons (Fsp3) is 0.429. The molecule has 0 nitrogen and oxygen atoms in total. The van der Waals surface area contributed by atoms with Gasteiger partial charge in [-0.25, -0.2) is 0 Å². The summed E-state index contributed by atoms with van der Waals surface area (Å²) in [5.74, 6) is 0.581. The number of hydrogen-bond donors (Lipinski definition) is 0. The van der Waals surface area contributed by atoms with Crippen molar-refractivity contribution < 1.29 is 0 Å². The van der Waals surface area contributed by atoms with Gasteiger partial charge in [0.2, 0.25) is 0 Å². The Morgan fingerprint density at radius 2 is 1.83 bits per heavy atom. The predicted octanol–water partition coefficient (Wildman–Crippen LogP) is 7.58. The lowest BCUT2D eigenvalue weighted by molar-refractivity contribution is 0.795. The van der Waals surface area contributed by atoms with E-state index in [1.807, 2.05) is 11.3 Å². The van der Waals surface area contributed by atoms with Gasteiger partial charge in [0.15, 0.2) is 0 Å². The summed E-state index contributed by atoms with van der Waals surface area (Å²) in [5, 5.41) is 0. The van der Waals surface area contributed by atoms with Crippen molar-refractivity contribution in [1.29, 1.82) is 0 Å². The second-order valence-electron chi connectivity index (χ2n) is 6.78. The smallest absolute Gasteiger partial charge is 0.0381 e. The Morgan fingerprint density at radius 1 is 1.09 bits per heavy atom. The molecule has 0 radical (unpaired) electrons. The molecule has 23 heavy (non-hydrogen) atoms. The number of unbranched alkanes of at least 4 members (excludes halogenated alkanes) is 1. The molecule has 0 fully saturated rings. The second-order valence-corrected chi connectivity index (χ2v) is 9.05. The first-order valence-electron chi connectivity index (χ1n) is 8.54. The van der Waals surface area contributed by atoms with E-state index < -0.39 is 0 Å². The van der Waals surface area contributed by atoms with Crippen molar-refractivity contribution >= 4 is 39.5 Å². The summed E-state index contributed by atoms with van der Waals surface area (Å²) < 4.78 is 1.36. The summed E-state index contributed by atoms with van der Waals surface area (Å²) in [5.41, 5.74) is 9.03. The van der Waals surface area contributed by atoms with Crippen LogP contribution >= 0.6 is 33.9 Å². The quantitative estimate of drug-likeness (QED) is 0.434. The Balaban J connectivity index is 2.08. The molecule has 0 N–H and O–H groups in total. The standard InChI is InChI=1S/C21H25IS/c1-6-7-8-16-9-17(11-18(22)10-16)20-15(5)19-13(3)12(2)14(4)21(19)23-20/h9-11,13H,6-8H2,1-5H3. The third-order valence-corrected chi connectivity index (χ3v) is 7.35. The average molecular weight is 436 g/mol. The zero-order valence-corrected chi connectivity index (χ0v) is 17.7. The van der Waals surface area contributed by atoms with E-state index in [4.69, 9.17) is 0 Å². The van der Waals surface area contributed by atoms with Gasteiger partial charge < -0.3 is 0 Å². The number of hydrogen-bond acceptors (Lipinski definition) is 1. The van der Waals surface area contributed by atoms with Gasteiger partial charge in [0.25, 0.3) is 0 Å². The van der Waals surface area contributed by atoms with Crippen LogP contribution in [0.2, 0.25) is 0 Å². The molecule has 3 rings (SSSR count). The zero-order valence-electron chi connectivity index (χ0n) is 14.7. The van der Waals surface area contributed by atoms with Crippen LogP contribution in [-0.2, 0) is 6.42 Å². The first kappa shape index (κ1) is 17.2. The van der Waals surface area contributed by atoms with E-state index in [1.165, 1.54) is 54.9 Å². The average Bonchev–Trinajstić information content (AvgIpc) is 2.96. The first-order chi connectivity index (χ1) is 10.9. The molecule has 0 saturated heterocycles. The summed E-state index contributed by atoms with van der Waals surface area (Å²) in [4.78, 5) is 3.00. The lowest BCUT2D eigenvalue weighted by atomic mass is 9.95. The van der Waals surface area contributed by atoms with Crippen molar-refractivity contribution in [3.63, 3.8) is 0 Å². The Labute approximate surface area is 158 Å². The highest BCUT2D eigenvalue weighted by Crippen LogP contribution is 2.50. The molecule has 1 atom stereocenters. The van der Waals surface area contributed by atoms with Gasteiger partial charge in [0.1, 0.15) is 0 Å². The van der Waals surface area contributed by atoms with Crippen molar-refractivity contribution in [2.75, 3.05) is 0 Å². The summed E-state index contributed by atoms with van der Waals surface area (Å²) in [6.45, 7) is 11.5. The van der Waals surface area contributed by atoms with Crippen molar-refractivity contribution in [3.05, 3.63) is 48.9 Å². The molecule has 1 heterocycles. The Morgan fingerprint density at radius 3 is 2.48 bits per heavy atom. The van der Waals surface area contributed by atoms with Crippen molar-refractivity contribution in [2.45, 2.75) is 59.8 Å². The number of rotatable bonds is 4. The lowest BCUT2D eigenvalue weighted by Crippen LogP contribution is -1.93. The lowest BCUT2D eigenvalue weighted by Gasteiger charge is -2.10. The van der Waals surface area contributed by atoms with Gasteiger partial charge in [-0.3, -0.25) is 0 Å². The second kappa shape index (κ2) is 6.72. The number of halogens is 1. The van der Waals surface area contributed by atoms with Crippen LogP contribution in [0.4, 0.5) is 0 Å². The third-order valence-electron chi connectivity index (χ3n) is 5.25. The van der Waals surface area contributed by atoms with E-state index in [1.54, 1.807) is 11.1 Å². The van der Waals surface area contributed by atoms with Crippen molar-refractivity contribution in [2.24, 2.45) is 0 Å².